The molecule has 0 radical (unpaired) electrons. The van der Waals surface area contributed by atoms with Gasteiger partial charge in [-0.25, -0.2) is 9.59 Å². The third kappa shape index (κ3) is 11.0. The summed E-state index contributed by atoms with van der Waals surface area (Å²) in [7, 11) is 0. The van der Waals surface area contributed by atoms with Crippen molar-refractivity contribution in [3.05, 3.63) is 70.3 Å². The van der Waals surface area contributed by atoms with Crippen molar-refractivity contribution in [1.29, 1.82) is 0 Å². The van der Waals surface area contributed by atoms with Crippen molar-refractivity contribution in [2.24, 2.45) is 38.9 Å². The number of ether oxygens (including phenoxy) is 6. The Bertz CT molecular complexity index is 1420. The lowest BCUT2D eigenvalue weighted by atomic mass is 9.77. The number of esters is 2. The summed E-state index contributed by atoms with van der Waals surface area (Å²) < 4.78 is 36.0. The highest BCUT2D eigenvalue weighted by atomic mass is 16.7. The summed E-state index contributed by atoms with van der Waals surface area (Å²) in [5.41, 5.74) is 1.44. The molecule has 2 fully saturated rings. The van der Waals surface area contributed by atoms with Crippen LogP contribution < -0.4 is 0 Å². The normalized spacial score (nSPS) is 28.1. The number of hydrogen-bond donors (Lipinski definition) is 2. The van der Waals surface area contributed by atoms with E-state index >= 15 is 0 Å². The molecule has 2 heterocycles. The topological polar surface area (TPSA) is 130 Å². The first kappa shape index (κ1) is 42.6. The molecule has 2 unspecified atom stereocenters. The highest BCUT2D eigenvalue weighted by Gasteiger charge is 2.48. The molecule has 0 aromatic carbocycles. The molecule has 2 atom stereocenters. The molecule has 296 valence electrons. The van der Waals surface area contributed by atoms with Crippen LogP contribution in [0, 0.1) is 38.9 Å². The second kappa shape index (κ2) is 16.3. The molecular formula is C43H64O10. The van der Waals surface area contributed by atoms with Crippen LogP contribution in [0.15, 0.2) is 70.3 Å². The molecule has 2 saturated heterocycles. The molecule has 10 heteroatoms. The average Bonchev–Trinajstić information content (AvgIpc) is 3.06. The van der Waals surface area contributed by atoms with Crippen LogP contribution in [-0.4, -0.2) is 74.4 Å². The minimum atomic E-state index is -0.612. The second-order valence-electron chi connectivity index (χ2n) is 19.0. The predicted octanol–water partition coefficient (Wildman–Crippen LogP) is 8.62. The fraction of sp³-hybridized carbons (Fsp3) is 0.674. The van der Waals surface area contributed by atoms with E-state index in [0.717, 1.165) is 22.3 Å². The molecular weight excluding hydrogens is 676 g/mol. The lowest BCUT2D eigenvalue weighted by Gasteiger charge is -2.48. The summed E-state index contributed by atoms with van der Waals surface area (Å²) in [6.45, 7) is 25.5. The zero-order chi connectivity index (χ0) is 39.6. The first-order valence-corrected chi connectivity index (χ1v) is 18.8. The van der Waals surface area contributed by atoms with Crippen molar-refractivity contribution >= 4 is 11.9 Å². The monoisotopic (exact) mass is 740 g/mol. The smallest absolute Gasteiger partial charge is 0.330 e. The summed E-state index contributed by atoms with van der Waals surface area (Å²) in [5, 5.41) is 21.1. The molecule has 2 aliphatic heterocycles. The summed E-state index contributed by atoms with van der Waals surface area (Å²) in [6.07, 6.45) is 10.7. The van der Waals surface area contributed by atoms with E-state index in [1.54, 1.807) is 0 Å². The molecule has 53 heavy (non-hydrogen) atoms. The number of hydrogen-bond acceptors (Lipinski definition) is 10. The molecule has 0 bridgehead atoms. The van der Waals surface area contributed by atoms with Crippen LogP contribution in [0.4, 0.5) is 0 Å². The van der Waals surface area contributed by atoms with Gasteiger partial charge < -0.3 is 38.6 Å². The van der Waals surface area contributed by atoms with E-state index in [-0.39, 0.29) is 35.9 Å². The molecule has 4 rings (SSSR count). The van der Waals surface area contributed by atoms with Crippen molar-refractivity contribution in [2.45, 2.75) is 109 Å². The van der Waals surface area contributed by atoms with Crippen LogP contribution >= 0.6 is 0 Å². The van der Waals surface area contributed by atoms with Crippen molar-refractivity contribution in [1.82, 2.24) is 0 Å². The van der Waals surface area contributed by atoms with Crippen LogP contribution in [0.5, 0.6) is 0 Å². The second-order valence-corrected chi connectivity index (χ2v) is 19.0. The molecule has 2 aliphatic carbocycles. The highest BCUT2D eigenvalue weighted by Crippen LogP contribution is 2.41. The van der Waals surface area contributed by atoms with Gasteiger partial charge in [0, 0.05) is 23.0 Å². The van der Waals surface area contributed by atoms with Gasteiger partial charge in [0.05, 0.1) is 31.8 Å². The quantitative estimate of drug-likeness (QED) is 0.166. The minimum absolute atomic E-state index is 0.00427. The molecule has 10 nitrogen and oxygen atoms in total. The Labute approximate surface area is 316 Å². The van der Waals surface area contributed by atoms with E-state index in [4.69, 9.17) is 28.4 Å². The Kier molecular flexibility index (Phi) is 13.1. The number of allylic oxidation sites excluding steroid dienone is 8. The highest BCUT2D eigenvalue weighted by molar-refractivity contribution is 5.82. The predicted molar refractivity (Wildman–Crippen MR) is 204 cm³/mol. The lowest BCUT2D eigenvalue weighted by molar-refractivity contribution is -0.337. The van der Waals surface area contributed by atoms with Crippen LogP contribution in [0.2, 0.25) is 0 Å². The Morgan fingerprint density at radius 3 is 1.28 bits per heavy atom. The van der Waals surface area contributed by atoms with Crippen molar-refractivity contribution in [2.75, 3.05) is 39.6 Å². The number of carbonyl (C=O) groups is 2. The Morgan fingerprint density at radius 2 is 0.981 bits per heavy atom. The van der Waals surface area contributed by atoms with Crippen molar-refractivity contribution < 1.29 is 48.2 Å². The van der Waals surface area contributed by atoms with Gasteiger partial charge in [-0.3, -0.25) is 0 Å². The first-order valence-electron chi connectivity index (χ1n) is 18.8. The fourth-order valence-corrected chi connectivity index (χ4v) is 6.93. The molecule has 0 amide bonds. The summed E-state index contributed by atoms with van der Waals surface area (Å²) >= 11 is 0. The summed E-state index contributed by atoms with van der Waals surface area (Å²) in [4.78, 5) is 25.4. The SMILES string of the molecule is CC1=C(O)C(C(C)(C)C)=CC(C=CC(=O)OCC(C)(C)C2OCC3(CO2)COC(C(C)(C)COC(=O)C=CC2C=C(C(C)(C)C)C(O)=C(C)C2)OC3)C1. The fourth-order valence-electron chi connectivity index (χ4n) is 6.93. The molecule has 0 saturated carbocycles. The number of aliphatic hydroxyl groups is 2. The van der Waals surface area contributed by atoms with E-state index in [1.807, 2.05) is 65.8 Å². The molecule has 1 spiro atoms. The van der Waals surface area contributed by atoms with Crippen molar-refractivity contribution in [3.8, 4) is 0 Å². The van der Waals surface area contributed by atoms with Gasteiger partial charge in [0.15, 0.2) is 12.6 Å². The molecule has 4 aliphatic rings. The van der Waals surface area contributed by atoms with Crippen LogP contribution in [-0.2, 0) is 38.0 Å². The van der Waals surface area contributed by atoms with E-state index in [2.05, 4.69) is 41.5 Å². The Morgan fingerprint density at radius 1 is 0.660 bits per heavy atom. The van der Waals surface area contributed by atoms with Gasteiger partial charge in [0.25, 0.3) is 0 Å². The first-order chi connectivity index (χ1) is 24.4. The van der Waals surface area contributed by atoms with Crippen LogP contribution in [0.25, 0.3) is 0 Å². The van der Waals surface area contributed by atoms with Crippen LogP contribution in [0.3, 0.4) is 0 Å². The lowest BCUT2D eigenvalue weighted by Crippen LogP contribution is -2.57. The van der Waals surface area contributed by atoms with Gasteiger partial charge in [-0.15, -0.1) is 0 Å². The molecule has 0 aromatic rings. The average molecular weight is 741 g/mol. The van der Waals surface area contributed by atoms with Gasteiger partial charge in [0.2, 0.25) is 0 Å². The van der Waals surface area contributed by atoms with Gasteiger partial charge in [-0.1, -0.05) is 93.5 Å². The largest absolute Gasteiger partial charge is 0.508 e. The maximum Gasteiger partial charge on any atom is 0.330 e. The number of aliphatic hydroxyl groups excluding tert-OH is 2. The standard InChI is InChI=1S/C43H64O10/c1-27-17-29(19-31(35(27)46)39(3,4)5)13-15-33(44)48-21-41(9,10)37-50-23-43(24-51-37)25-52-38(53-26-43)42(11,12)22-49-34(45)16-14-30-18-28(2)36(47)32(20-30)40(6,7)8/h13-16,19-20,29-30,37-38,46-47H,17-18,21-26H2,1-12H3. The zero-order valence-electron chi connectivity index (χ0n) is 34.1. The number of rotatable bonds is 10. The zero-order valence-corrected chi connectivity index (χ0v) is 34.1. The summed E-state index contributed by atoms with van der Waals surface area (Å²) in [6, 6.07) is 0. The van der Waals surface area contributed by atoms with Crippen LogP contribution in [0.1, 0.15) is 95.9 Å². The van der Waals surface area contributed by atoms with E-state index in [1.165, 1.54) is 12.2 Å². The Balaban J connectivity index is 1.20. The van der Waals surface area contributed by atoms with E-state index in [9.17, 15) is 19.8 Å². The van der Waals surface area contributed by atoms with E-state index in [0.29, 0.717) is 50.8 Å². The maximum absolute atomic E-state index is 12.7. The van der Waals surface area contributed by atoms with Crippen molar-refractivity contribution in [3.63, 3.8) is 0 Å². The van der Waals surface area contributed by atoms with Gasteiger partial charge in [0.1, 0.15) is 24.7 Å². The third-order valence-corrected chi connectivity index (χ3v) is 10.4. The number of carbonyl (C=O) groups excluding carboxylic acids is 2. The van der Waals surface area contributed by atoms with Gasteiger partial charge in [-0.2, -0.15) is 0 Å². The Hall–Kier alpha value is -3.18. The van der Waals surface area contributed by atoms with E-state index < -0.39 is 40.8 Å². The third-order valence-electron chi connectivity index (χ3n) is 10.4. The summed E-state index contributed by atoms with van der Waals surface area (Å²) in [5.74, 6) is -0.205. The van der Waals surface area contributed by atoms with Gasteiger partial charge >= 0.3 is 11.9 Å². The molecule has 0 aromatic heterocycles. The van der Waals surface area contributed by atoms with Gasteiger partial charge in [-0.05, 0) is 71.6 Å². The maximum atomic E-state index is 12.7. The minimum Gasteiger partial charge on any atom is -0.508 e. The molecule has 2 N–H and O–H groups in total.